The van der Waals surface area contributed by atoms with E-state index in [4.69, 9.17) is 10.00 Å². The van der Waals surface area contributed by atoms with E-state index in [1.165, 1.54) is 12.1 Å². The maximum Gasteiger partial charge on any atom is 0.178 e. The Kier molecular flexibility index (Phi) is 2.57. The molecule has 0 bridgehead atoms. The first-order valence-corrected chi connectivity index (χ1v) is 6.35. The van der Waals surface area contributed by atoms with Crippen LogP contribution in [0, 0.1) is 22.6 Å². The molecule has 1 atom stereocenters. The summed E-state index contributed by atoms with van der Waals surface area (Å²) in [5.41, 5.74) is -0.251. The van der Waals surface area contributed by atoms with Crippen LogP contribution >= 0.6 is 0 Å². The van der Waals surface area contributed by atoms with Gasteiger partial charge >= 0.3 is 0 Å². The Labute approximate surface area is 115 Å². The van der Waals surface area contributed by atoms with Crippen LogP contribution in [0.4, 0.5) is 4.39 Å². The number of rotatable bonds is 0. The number of ketones is 1. The third kappa shape index (κ3) is 1.69. The lowest BCUT2D eigenvalue weighted by Crippen LogP contribution is -2.41. The summed E-state index contributed by atoms with van der Waals surface area (Å²) in [6, 6.07) is 3.32. The van der Waals surface area contributed by atoms with E-state index in [0.717, 1.165) is 6.20 Å². The molecule has 1 aliphatic heterocycles. The smallest absolute Gasteiger partial charge is 0.178 e. The topological polar surface area (TPSA) is 63.0 Å². The first kappa shape index (κ1) is 12.9. The van der Waals surface area contributed by atoms with Gasteiger partial charge < -0.3 is 4.74 Å². The quantitative estimate of drug-likeness (QED) is 0.727. The van der Waals surface area contributed by atoms with Crippen molar-refractivity contribution in [3.8, 4) is 6.07 Å². The average Bonchev–Trinajstić information content (AvgIpc) is 2.71. The number of carbonyl (C=O) groups is 1. The van der Waals surface area contributed by atoms with E-state index >= 15 is 0 Å². The molecule has 2 heterocycles. The normalized spacial score (nSPS) is 27.1. The van der Waals surface area contributed by atoms with Gasteiger partial charge in [0.1, 0.15) is 17.5 Å². The van der Waals surface area contributed by atoms with Gasteiger partial charge in [0.2, 0.25) is 0 Å². The van der Waals surface area contributed by atoms with Crippen molar-refractivity contribution in [2.45, 2.75) is 32.5 Å². The predicted molar refractivity (Wildman–Crippen MR) is 67.8 cm³/mol. The van der Waals surface area contributed by atoms with E-state index in [9.17, 15) is 9.18 Å². The molecule has 0 amide bonds. The number of nitrogens with zero attached hydrogens (tertiary/aromatic N) is 2. The number of fused-ring (bicyclic) bond motifs is 2. The van der Waals surface area contributed by atoms with Crippen LogP contribution in [0.5, 0.6) is 0 Å². The molecule has 1 aromatic rings. The highest BCUT2D eigenvalue weighted by molar-refractivity contribution is 6.04. The minimum absolute atomic E-state index is 0.0835. The average molecular weight is 272 g/mol. The van der Waals surface area contributed by atoms with Crippen molar-refractivity contribution < 1.29 is 13.9 Å². The Morgan fingerprint density at radius 1 is 1.50 bits per heavy atom. The fourth-order valence-corrected chi connectivity index (χ4v) is 3.03. The summed E-state index contributed by atoms with van der Waals surface area (Å²) >= 11 is 0. The Hall–Kier alpha value is -2.06. The number of hydrogen-bond acceptors (Lipinski definition) is 4. The highest BCUT2D eigenvalue weighted by Crippen LogP contribution is 2.49. The van der Waals surface area contributed by atoms with Crippen LogP contribution < -0.4 is 0 Å². The zero-order valence-electron chi connectivity index (χ0n) is 11.2. The van der Waals surface area contributed by atoms with Gasteiger partial charge in [0.15, 0.2) is 5.78 Å². The zero-order chi connectivity index (χ0) is 14.5. The van der Waals surface area contributed by atoms with Crippen molar-refractivity contribution in [3.05, 3.63) is 41.0 Å². The minimum atomic E-state index is -0.897. The van der Waals surface area contributed by atoms with Crippen molar-refractivity contribution >= 4 is 5.78 Å². The van der Waals surface area contributed by atoms with Gasteiger partial charge in [-0.1, -0.05) is 13.8 Å². The Morgan fingerprint density at radius 2 is 2.25 bits per heavy atom. The fourth-order valence-electron chi connectivity index (χ4n) is 3.03. The second-order valence-electron chi connectivity index (χ2n) is 5.90. The number of halogens is 1. The Balaban J connectivity index is 2.19. The van der Waals surface area contributed by atoms with Crippen LogP contribution in [0.25, 0.3) is 0 Å². The molecule has 1 aromatic heterocycles. The molecule has 1 spiro atoms. The second-order valence-corrected chi connectivity index (χ2v) is 5.90. The van der Waals surface area contributed by atoms with Gasteiger partial charge in [0, 0.05) is 11.0 Å². The van der Waals surface area contributed by atoms with Crippen LogP contribution in [0.3, 0.4) is 0 Å². The number of hydrogen-bond donors (Lipinski definition) is 0. The molecule has 0 N–H and O–H groups in total. The van der Waals surface area contributed by atoms with E-state index in [1.807, 2.05) is 6.07 Å². The third-order valence-corrected chi connectivity index (χ3v) is 3.88. The van der Waals surface area contributed by atoms with Crippen molar-refractivity contribution in [3.63, 3.8) is 0 Å². The van der Waals surface area contributed by atoms with Gasteiger partial charge in [0.25, 0.3) is 0 Å². The van der Waals surface area contributed by atoms with Gasteiger partial charge in [0.05, 0.1) is 24.1 Å². The highest BCUT2D eigenvalue weighted by Gasteiger charge is 2.50. The van der Waals surface area contributed by atoms with E-state index in [0.29, 0.717) is 17.7 Å². The summed E-state index contributed by atoms with van der Waals surface area (Å²) < 4.78 is 19.0. The van der Waals surface area contributed by atoms with E-state index in [2.05, 4.69) is 4.98 Å². The summed E-state index contributed by atoms with van der Waals surface area (Å²) in [6.45, 7) is 3.80. The molecule has 2 aliphatic rings. The molecule has 0 fully saturated rings. The molecule has 0 saturated heterocycles. The van der Waals surface area contributed by atoms with Crippen LogP contribution in [-0.2, 0) is 21.7 Å². The number of allylic oxidation sites excluding steroid dienone is 1. The zero-order valence-corrected chi connectivity index (χ0v) is 11.2. The maximum absolute atomic E-state index is 13.2. The number of nitriles is 1. The van der Waals surface area contributed by atoms with Crippen molar-refractivity contribution in [1.29, 1.82) is 5.26 Å². The van der Waals surface area contributed by atoms with Gasteiger partial charge in [-0.25, -0.2) is 4.39 Å². The Bertz CT molecular complexity index is 688. The van der Waals surface area contributed by atoms with Crippen LogP contribution in [0.1, 0.15) is 31.5 Å². The molecule has 4 nitrogen and oxygen atoms in total. The SMILES string of the molecule is CC1(C)CC2(C=C(C#N)C1=O)OCc1cc(F)cnc12. The van der Waals surface area contributed by atoms with Crippen molar-refractivity contribution in [2.75, 3.05) is 0 Å². The minimum Gasteiger partial charge on any atom is -0.360 e. The Morgan fingerprint density at radius 3 is 2.95 bits per heavy atom. The number of pyridine rings is 1. The van der Waals surface area contributed by atoms with E-state index < -0.39 is 16.8 Å². The van der Waals surface area contributed by atoms with Gasteiger partial charge in [-0.3, -0.25) is 9.78 Å². The van der Waals surface area contributed by atoms with Crippen LogP contribution in [0.15, 0.2) is 23.9 Å². The molecule has 1 unspecified atom stereocenters. The molecular formula is C15H13FN2O2. The van der Waals surface area contributed by atoms with Crippen molar-refractivity contribution in [2.24, 2.45) is 5.41 Å². The summed E-state index contributed by atoms with van der Waals surface area (Å²) in [7, 11) is 0. The molecule has 102 valence electrons. The van der Waals surface area contributed by atoms with E-state index in [-0.39, 0.29) is 18.0 Å². The largest absolute Gasteiger partial charge is 0.360 e. The lowest BCUT2D eigenvalue weighted by molar-refractivity contribution is -0.129. The van der Waals surface area contributed by atoms with E-state index in [1.54, 1.807) is 13.8 Å². The molecular weight excluding hydrogens is 259 g/mol. The van der Waals surface area contributed by atoms with Crippen LogP contribution in [-0.4, -0.2) is 10.8 Å². The van der Waals surface area contributed by atoms with Gasteiger partial charge in [-0.05, 0) is 18.6 Å². The number of carbonyl (C=O) groups excluding carboxylic acids is 1. The third-order valence-electron chi connectivity index (χ3n) is 3.88. The van der Waals surface area contributed by atoms with Crippen molar-refractivity contribution in [1.82, 2.24) is 4.98 Å². The lowest BCUT2D eigenvalue weighted by Gasteiger charge is -2.37. The lowest BCUT2D eigenvalue weighted by atomic mass is 9.69. The standard InChI is InChI=1S/C15H13FN2O2/c1-14(2)8-15(4-10(5-17)13(14)19)12-9(7-20-15)3-11(16)6-18-12/h3-4,6H,7-8H2,1-2H3. The first-order chi connectivity index (χ1) is 9.38. The number of aromatic nitrogens is 1. The predicted octanol–water partition coefficient (Wildman–Crippen LogP) is 2.40. The van der Waals surface area contributed by atoms with Gasteiger partial charge in [-0.2, -0.15) is 5.26 Å². The molecule has 20 heavy (non-hydrogen) atoms. The molecule has 5 heteroatoms. The summed E-state index contributed by atoms with van der Waals surface area (Å²) in [5, 5.41) is 9.15. The molecule has 0 aromatic carbocycles. The monoisotopic (exact) mass is 272 g/mol. The second kappa shape index (κ2) is 3.97. The molecule has 1 aliphatic carbocycles. The summed E-state index contributed by atoms with van der Waals surface area (Å²) in [4.78, 5) is 16.3. The van der Waals surface area contributed by atoms with Crippen LogP contribution in [0.2, 0.25) is 0 Å². The summed E-state index contributed by atoms with van der Waals surface area (Å²) in [5.74, 6) is -0.607. The van der Waals surface area contributed by atoms with Gasteiger partial charge in [-0.15, -0.1) is 0 Å². The summed E-state index contributed by atoms with van der Waals surface area (Å²) in [6.07, 6.45) is 3.07. The fraction of sp³-hybridized carbons (Fsp3) is 0.400. The molecule has 0 saturated carbocycles. The molecule has 0 radical (unpaired) electrons. The number of ether oxygens (including phenoxy) is 1. The molecule has 3 rings (SSSR count). The number of Topliss-reactive ketones (excluding diaryl/α,β-unsaturated/α-hetero) is 1. The maximum atomic E-state index is 13.2. The highest BCUT2D eigenvalue weighted by atomic mass is 19.1. The first-order valence-electron chi connectivity index (χ1n) is 6.35.